The molecule has 1 heterocycles. The number of rotatable bonds is 7. The van der Waals surface area contributed by atoms with Crippen LogP contribution in [0.3, 0.4) is 0 Å². The predicted octanol–water partition coefficient (Wildman–Crippen LogP) is 3.79. The Hall–Kier alpha value is -1.12. The highest BCUT2D eigenvalue weighted by molar-refractivity contribution is 5.29. The largest absolute Gasteiger partial charge is 0.347 e. The van der Waals surface area contributed by atoms with E-state index in [9.17, 15) is 0 Å². The van der Waals surface area contributed by atoms with Crippen molar-refractivity contribution in [3.05, 3.63) is 18.0 Å². The van der Waals surface area contributed by atoms with Gasteiger partial charge in [0, 0.05) is 26.5 Å². The molecule has 1 aromatic rings. The summed E-state index contributed by atoms with van der Waals surface area (Å²) in [5.74, 6) is 0.778. The van der Waals surface area contributed by atoms with E-state index < -0.39 is 0 Å². The molecule has 0 amide bonds. The molecule has 0 unspecified atom stereocenters. The molecule has 102 valence electrons. The van der Waals surface area contributed by atoms with Crippen LogP contribution in [-0.4, -0.2) is 24.1 Å². The normalized spacial score (nSPS) is 11.6. The molecule has 3 nitrogen and oxygen atoms in total. The van der Waals surface area contributed by atoms with Gasteiger partial charge in [0.1, 0.15) is 0 Å². The Morgan fingerprint density at radius 2 is 1.67 bits per heavy atom. The highest BCUT2D eigenvalue weighted by Gasteiger charge is 2.21. The van der Waals surface area contributed by atoms with Gasteiger partial charge in [-0.3, -0.25) is 0 Å². The molecule has 18 heavy (non-hydrogen) atoms. The van der Waals surface area contributed by atoms with Gasteiger partial charge in [-0.05, 0) is 17.4 Å². The molecule has 0 saturated heterocycles. The molecule has 0 bridgehead atoms. The molecular weight excluding hydrogens is 222 g/mol. The van der Waals surface area contributed by atoms with Crippen molar-refractivity contribution < 1.29 is 0 Å². The summed E-state index contributed by atoms with van der Waals surface area (Å²) in [6.07, 6.45) is 10.4. The monoisotopic (exact) mass is 249 g/mol. The van der Waals surface area contributed by atoms with Gasteiger partial charge in [-0.1, -0.05) is 46.5 Å². The highest BCUT2D eigenvalue weighted by Crippen LogP contribution is 2.28. The van der Waals surface area contributed by atoms with Gasteiger partial charge in [-0.2, -0.15) is 0 Å². The van der Waals surface area contributed by atoms with Crippen LogP contribution in [0, 0.1) is 0 Å². The van der Waals surface area contributed by atoms with Crippen molar-refractivity contribution in [2.75, 3.05) is 19.0 Å². The standard InChI is InChI=1S/C15H27N3/c1-6-7-8-9-10-15(2,3)13-11-16-14(17-12-13)18(4)5/h11-12H,6-10H2,1-5H3. The molecule has 1 aromatic heterocycles. The van der Waals surface area contributed by atoms with E-state index in [1.165, 1.54) is 37.7 Å². The molecule has 3 heteroatoms. The number of anilines is 1. The fourth-order valence-corrected chi connectivity index (χ4v) is 2.04. The molecule has 0 radical (unpaired) electrons. The van der Waals surface area contributed by atoms with Crippen LogP contribution in [0.15, 0.2) is 12.4 Å². The number of hydrogen-bond donors (Lipinski definition) is 0. The number of nitrogens with zero attached hydrogens (tertiary/aromatic N) is 3. The van der Waals surface area contributed by atoms with Crippen LogP contribution in [0.1, 0.15) is 58.4 Å². The van der Waals surface area contributed by atoms with E-state index in [-0.39, 0.29) is 5.41 Å². The predicted molar refractivity (Wildman–Crippen MR) is 78.1 cm³/mol. The summed E-state index contributed by atoms with van der Waals surface area (Å²) in [6, 6.07) is 0. The molecule has 0 aliphatic heterocycles. The summed E-state index contributed by atoms with van der Waals surface area (Å²) in [4.78, 5) is 10.7. The molecule has 0 saturated carbocycles. The second kappa shape index (κ2) is 6.72. The maximum atomic E-state index is 4.40. The summed E-state index contributed by atoms with van der Waals surface area (Å²) in [7, 11) is 3.93. The van der Waals surface area contributed by atoms with E-state index in [2.05, 4.69) is 30.7 Å². The summed E-state index contributed by atoms with van der Waals surface area (Å²) in [5, 5.41) is 0. The van der Waals surface area contributed by atoms with Gasteiger partial charge >= 0.3 is 0 Å². The van der Waals surface area contributed by atoms with Gasteiger partial charge in [0.2, 0.25) is 5.95 Å². The van der Waals surface area contributed by atoms with Crippen molar-refractivity contribution in [2.45, 2.75) is 58.3 Å². The SMILES string of the molecule is CCCCCCC(C)(C)c1cnc(N(C)C)nc1. The fourth-order valence-electron chi connectivity index (χ4n) is 2.04. The number of unbranched alkanes of at least 4 members (excludes halogenated alkanes) is 3. The smallest absolute Gasteiger partial charge is 0.224 e. The lowest BCUT2D eigenvalue weighted by atomic mass is 9.81. The summed E-state index contributed by atoms with van der Waals surface area (Å²) >= 11 is 0. The molecule has 0 atom stereocenters. The van der Waals surface area contributed by atoms with E-state index in [0.717, 1.165) is 5.95 Å². The molecule has 0 fully saturated rings. The first kappa shape index (κ1) is 14.9. The Morgan fingerprint density at radius 3 is 2.17 bits per heavy atom. The molecule has 0 N–H and O–H groups in total. The molecule has 0 spiro atoms. The topological polar surface area (TPSA) is 29.0 Å². The minimum atomic E-state index is 0.179. The van der Waals surface area contributed by atoms with Gasteiger partial charge in [0.15, 0.2) is 0 Å². The average Bonchev–Trinajstić information content (AvgIpc) is 2.35. The number of hydrogen-bond acceptors (Lipinski definition) is 3. The van der Waals surface area contributed by atoms with Crippen molar-refractivity contribution >= 4 is 5.95 Å². The van der Waals surface area contributed by atoms with Crippen LogP contribution in [0.2, 0.25) is 0 Å². The van der Waals surface area contributed by atoms with Gasteiger partial charge in [-0.25, -0.2) is 9.97 Å². The number of aromatic nitrogens is 2. The van der Waals surface area contributed by atoms with E-state index >= 15 is 0 Å². The van der Waals surface area contributed by atoms with Crippen molar-refractivity contribution in [2.24, 2.45) is 0 Å². The van der Waals surface area contributed by atoms with E-state index in [1.807, 2.05) is 31.4 Å². The summed E-state index contributed by atoms with van der Waals surface area (Å²) in [6.45, 7) is 6.82. The van der Waals surface area contributed by atoms with E-state index in [4.69, 9.17) is 0 Å². The van der Waals surface area contributed by atoms with Gasteiger partial charge < -0.3 is 4.90 Å². The zero-order valence-corrected chi connectivity index (χ0v) is 12.5. The molecular formula is C15H27N3. The van der Waals surface area contributed by atoms with Crippen molar-refractivity contribution in [1.29, 1.82) is 0 Å². The van der Waals surface area contributed by atoms with Crippen LogP contribution in [-0.2, 0) is 5.41 Å². The molecule has 1 rings (SSSR count). The minimum Gasteiger partial charge on any atom is -0.347 e. The average molecular weight is 249 g/mol. The lowest BCUT2D eigenvalue weighted by Crippen LogP contribution is -2.19. The lowest BCUT2D eigenvalue weighted by molar-refractivity contribution is 0.443. The van der Waals surface area contributed by atoms with Gasteiger partial charge in [0.25, 0.3) is 0 Å². The van der Waals surface area contributed by atoms with E-state index in [1.54, 1.807) is 0 Å². The lowest BCUT2D eigenvalue weighted by Gasteiger charge is -2.25. The van der Waals surface area contributed by atoms with Crippen LogP contribution in [0.5, 0.6) is 0 Å². The third kappa shape index (κ3) is 4.28. The first-order chi connectivity index (χ1) is 8.47. The van der Waals surface area contributed by atoms with Crippen LogP contribution < -0.4 is 4.90 Å². The fraction of sp³-hybridized carbons (Fsp3) is 0.733. The quantitative estimate of drug-likeness (QED) is 0.688. The van der Waals surface area contributed by atoms with Crippen molar-refractivity contribution in [1.82, 2.24) is 9.97 Å². The molecule has 0 aliphatic carbocycles. The molecule has 0 aliphatic rings. The Balaban J connectivity index is 2.60. The van der Waals surface area contributed by atoms with E-state index in [0.29, 0.717) is 0 Å². The summed E-state index contributed by atoms with van der Waals surface area (Å²) < 4.78 is 0. The van der Waals surface area contributed by atoms with Crippen LogP contribution in [0.25, 0.3) is 0 Å². The summed E-state index contributed by atoms with van der Waals surface area (Å²) in [5.41, 5.74) is 1.42. The Kier molecular flexibility index (Phi) is 5.57. The van der Waals surface area contributed by atoms with Crippen LogP contribution in [0.4, 0.5) is 5.95 Å². The maximum Gasteiger partial charge on any atom is 0.224 e. The second-order valence-electron chi connectivity index (χ2n) is 5.86. The van der Waals surface area contributed by atoms with Crippen molar-refractivity contribution in [3.8, 4) is 0 Å². The Labute approximate surface area is 112 Å². The first-order valence-electron chi connectivity index (χ1n) is 6.97. The Morgan fingerprint density at radius 1 is 1.06 bits per heavy atom. The zero-order chi connectivity index (χ0) is 13.6. The first-order valence-corrected chi connectivity index (χ1v) is 6.97. The van der Waals surface area contributed by atoms with Crippen LogP contribution >= 0.6 is 0 Å². The Bertz CT molecular complexity index is 341. The third-order valence-corrected chi connectivity index (χ3v) is 3.48. The molecule has 0 aromatic carbocycles. The van der Waals surface area contributed by atoms with Gasteiger partial charge in [-0.15, -0.1) is 0 Å². The second-order valence-corrected chi connectivity index (χ2v) is 5.86. The zero-order valence-electron chi connectivity index (χ0n) is 12.5. The van der Waals surface area contributed by atoms with Gasteiger partial charge in [0.05, 0.1) is 0 Å². The minimum absolute atomic E-state index is 0.179. The maximum absolute atomic E-state index is 4.40. The highest BCUT2D eigenvalue weighted by atomic mass is 15.2. The van der Waals surface area contributed by atoms with Crippen molar-refractivity contribution in [3.63, 3.8) is 0 Å². The third-order valence-electron chi connectivity index (χ3n) is 3.48.